The van der Waals surface area contributed by atoms with Gasteiger partial charge in [0.25, 0.3) is 5.91 Å². The van der Waals surface area contributed by atoms with E-state index in [1.54, 1.807) is 12.1 Å². The van der Waals surface area contributed by atoms with Crippen LogP contribution in [0.3, 0.4) is 0 Å². The first-order valence-corrected chi connectivity index (χ1v) is 11.4. The van der Waals surface area contributed by atoms with Crippen LogP contribution in [0.1, 0.15) is 50.9 Å². The smallest absolute Gasteiger partial charge is 0.291 e. The van der Waals surface area contributed by atoms with Gasteiger partial charge in [0.1, 0.15) is 5.00 Å². The Hall–Kier alpha value is -3.16. The standard InChI is InChI=1S/C24H23ClN4O2S/c1-4-16-13-18(23(32-16)29-22(30)20-10-7-11-31-20)21(17-8-5-6-9-19(17)25)28-24-26-14(2)12-15(3)27-24/h5-13,21H,4H2,1-3H3,(H,29,30)(H,26,27,28). The van der Waals surface area contributed by atoms with Crippen molar-refractivity contribution in [3.63, 3.8) is 0 Å². The maximum absolute atomic E-state index is 12.7. The predicted octanol–water partition coefficient (Wildman–Crippen LogP) is 6.42. The largest absolute Gasteiger partial charge is 0.459 e. The minimum Gasteiger partial charge on any atom is -0.459 e. The summed E-state index contributed by atoms with van der Waals surface area (Å²) >= 11 is 8.13. The van der Waals surface area contributed by atoms with Crippen molar-refractivity contribution in [2.45, 2.75) is 33.2 Å². The molecule has 0 saturated carbocycles. The van der Waals surface area contributed by atoms with Crippen LogP contribution in [0.25, 0.3) is 0 Å². The van der Waals surface area contributed by atoms with Crippen LogP contribution in [0, 0.1) is 13.8 Å². The average molecular weight is 467 g/mol. The molecule has 0 saturated heterocycles. The molecule has 0 aliphatic carbocycles. The summed E-state index contributed by atoms with van der Waals surface area (Å²) in [4.78, 5) is 23.0. The molecule has 1 atom stereocenters. The van der Waals surface area contributed by atoms with Gasteiger partial charge in [0.05, 0.1) is 12.3 Å². The molecule has 3 heterocycles. The van der Waals surface area contributed by atoms with E-state index in [4.69, 9.17) is 16.0 Å². The lowest BCUT2D eigenvalue weighted by atomic mass is 9.99. The Labute approximate surface area is 195 Å². The monoisotopic (exact) mass is 466 g/mol. The number of anilines is 2. The van der Waals surface area contributed by atoms with Crippen molar-refractivity contribution in [1.82, 2.24) is 9.97 Å². The SMILES string of the molecule is CCc1cc(C(Nc2nc(C)cc(C)n2)c2ccccc2Cl)c(NC(=O)c2ccco2)s1. The van der Waals surface area contributed by atoms with E-state index in [1.165, 1.54) is 17.6 Å². The number of furan rings is 1. The lowest BCUT2D eigenvalue weighted by molar-refractivity contribution is 0.0997. The van der Waals surface area contributed by atoms with Gasteiger partial charge in [-0.2, -0.15) is 0 Å². The zero-order valence-electron chi connectivity index (χ0n) is 18.0. The zero-order valence-corrected chi connectivity index (χ0v) is 19.6. The van der Waals surface area contributed by atoms with Crippen LogP contribution in [0.2, 0.25) is 5.02 Å². The van der Waals surface area contributed by atoms with Crippen molar-refractivity contribution in [1.29, 1.82) is 0 Å². The van der Waals surface area contributed by atoms with Gasteiger partial charge in [-0.05, 0) is 56.2 Å². The molecule has 32 heavy (non-hydrogen) atoms. The lowest BCUT2D eigenvalue weighted by Crippen LogP contribution is -2.18. The molecule has 1 aromatic carbocycles. The molecule has 4 rings (SSSR count). The number of benzene rings is 1. The number of thiophene rings is 1. The molecule has 6 nitrogen and oxygen atoms in total. The summed E-state index contributed by atoms with van der Waals surface area (Å²) in [5.74, 6) is 0.448. The van der Waals surface area contributed by atoms with E-state index in [0.717, 1.165) is 38.8 Å². The second-order valence-corrected chi connectivity index (χ2v) is 8.90. The first kappa shape index (κ1) is 22.0. The molecule has 3 aromatic heterocycles. The predicted molar refractivity (Wildman–Crippen MR) is 129 cm³/mol. The quantitative estimate of drug-likeness (QED) is 0.328. The highest BCUT2D eigenvalue weighted by atomic mass is 35.5. The molecule has 2 N–H and O–H groups in total. The minimum atomic E-state index is -0.367. The van der Waals surface area contributed by atoms with E-state index < -0.39 is 0 Å². The third-order valence-electron chi connectivity index (χ3n) is 4.92. The molecule has 1 unspecified atom stereocenters. The minimum absolute atomic E-state index is 0.252. The van der Waals surface area contributed by atoms with E-state index in [2.05, 4.69) is 33.6 Å². The molecule has 1 amide bonds. The molecule has 0 spiro atoms. The van der Waals surface area contributed by atoms with Gasteiger partial charge in [0.15, 0.2) is 5.76 Å². The maximum Gasteiger partial charge on any atom is 0.291 e. The molecule has 0 fully saturated rings. The van der Waals surface area contributed by atoms with Crippen LogP contribution in [-0.4, -0.2) is 15.9 Å². The molecular formula is C24H23ClN4O2S. The summed E-state index contributed by atoms with van der Waals surface area (Å²) in [5, 5.41) is 7.79. The highest BCUT2D eigenvalue weighted by Crippen LogP contribution is 2.39. The number of nitrogens with zero attached hydrogens (tertiary/aromatic N) is 2. The molecule has 0 aliphatic heterocycles. The summed E-state index contributed by atoms with van der Waals surface area (Å²) < 4.78 is 5.26. The van der Waals surface area contributed by atoms with E-state index in [0.29, 0.717) is 11.0 Å². The van der Waals surface area contributed by atoms with Crippen molar-refractivity contribution in [3.8, 4) is 0 Å². The van der Waals surface area contributed by atoms with E-state index >= 15 is 0 Å². The van der Waals surface area contributed by atoms with Gasteiger partial charge in [0, 0.05) is 26.9 Å². The van der Waals surface area contributed by atoms with Crippen LogP contribution >= 0.6 is 22.9 Å². The van der Waals surface area contributed by atoms with Crippen molar-refractivity contribution < 1.29 is 9.21 Å². The fourth-order valence-electron chi connectivity index (χ4n) is 3.47. The van der Waals surface area contributed by atoms with Gasteiger partial charge >= 0.3 is 0 Å². The van der Waals surface area contributed by atoms with Crippen molar-refractivity contribution in [2.75, 3.05) is 10.6 Å². The third-order valence-corrected chi connectivity index (χ3v) is 6.47. The van der Waals surface area contributed by atoms with Crippen LogP contribution in [-0.2, 0) is 6.42 Å². The maximum atomic E-state index is 12.7. The Kier molecular flexibility index (Phi) is 6.58. The number of aryl methyl sites for hydroxylation is 3. The van der Waals surface area contributed by atoms with Gasteiger partial charge < -0.3 is 15.1 Å². The van der Waals surface area contributed by atoms with Crippen LogP contribution < -0.4 is 10.6 Å². The Balaban J connectivity index is 1.79. The number of rotatable bonds is 7. The summed E-state index contributed by atoms with van der Waals surface area (Å²) in [5.41, 5.74) is 3.49. The Morgan fingerprint density at radius 1 is 1.09 bits per heavy atom. The van der Waals surface area contributed by atoms with Gasteiger partial charge in [-0.25, -0.2) is 9.97 Å². The van der Waals surface area contributed by atoms with Crippen molar-refractivity contribution >= 4 is 39.8 Å². The number of hydrogen-bond donors (Lipinski definition) is 2. The fraction of sp³-hybridized carbons (Fsp3) is 0.208. The summed E-state index contributed by atoms with van der Waals surface area (Å²) in [7, 11) is 0. The highest BCUT2D eigenvalue weighted by Gasteiger charge is 2.25. The fourth-order valence-corrected chi connectivity index (χ4v) is 4.74. The normalized spacial score (nSPS) is 11.9. The second kappa shape index (κ2) is 9.54. The zero-order chi connectivity index (χ0) is 22.7. The molecule has 0 aliphatic rings. The van der Waals surface area contributed by atoms with Crippen LogP contribution in [0.5, 0.6) is 0 Å². The molecule has 4 aromatic rings. The van der Waals surface area contributed by atoms with Crippen molar-refractivity contribution in [2.24, 2.45) is 0 Å². The Morgan fingerprint density at radius 3 is 2.50 bits per heavy atom. The molecule has 8 heteroatoms. The van der Waals surface area contributed by atoms with E-state index in [9.17, 15) is 4.79 Å². The topological polar surface area (TPSA) is 80.0 Å². The number of carbonyl (C=O) groups is 1. The van der Waals surface area contributed by atoms with Gasteiger partial charge in [0.2, 0.25) is 5.95 Å². The summed E-state index contributed by atoms with van der Waals surface area (Å²) in [6, 6.07) is 14.6. The number of hydrogen-bond acceptors (Lipinski definition) is 6. The molecule has 164 valence electrons. The van der Waals surface area contributed by atoms with Crippen LogP contribution in [0.4, 0.5) is 10.9 Å². The number of aromatic nitrogens is 2. The Bertz CT molecular complexity index is 1220. The van der Waals surface area contributed by atoms with Crippen LogP contribution in [0.15, 0.2) is 59.2 Å². The number of halogens is 1. The summed E-state index contributed by atoms with van der Waals surface area (Å²) in [6.07, 6.45) is 2.32. The number of amides is 1. The van der Waals surface area contributed by atoms with Crippen molar-refractivity contribution in [3.05, 3.63) is 93.0 Å². The molecular weight excluding hydrogens is 444 g/mol. The third kappa shape index (κ3) is 4.84. The van der Waals surface area contributed by atoms with Gasteiger partial charge in [-0.3, -0.25) is 4.79 Å². The first-order chi connectivity index (χ1) is 15.4. The number of carbonyl (C=O) groups excluding carboxylic acids is 1. The highest BCUT2D eigenvalue weighted by molar-refractivity contribution is 7.16. The van der Waals surface area contributed by atoms with E-state index in [1.807, 2.05) is 44.2 Å². The molecule has 0 radical (unpaired) electrons. The first-order valence-electron chi connectivity index (χ1n) is 10.2. The Morgan fingerprint density at radius 2 is 1.84 bits per heavy atom. The lowest BCUT2D eigenvalue weighted by Gasteiger charge is -2.21. The second-order valence-electron chi connectivity index (χ2n) is 7.36. The summed E-state index contributed by atoms with van der Waals surface area (Å²) in [6.45, 7) is 5.94. The average Bonchev–Trinajstić information content (AvgIpc) is 3.42. The molecule has 0 bridgehead atoms. The van der Waals surface area contributed by atoms with Gasteiger partial charge in [-0.15, -0.1) is 11.3 Å². The number of nitrogens with one attached hydrogen (secondary N) is 2. The van der Waals surface area contributed by atoms with E-state index in [-0.39, 0.29) is 17.7 Å². The van der Waals surface area contributed by atoms with Gasteiger partial charge in [-0.1, -0.05) is 36.7 Å².